The number of aliphatic imine (C=N–C) groups is 1. The number of guanidine groups is 1. The fraction of sp³-hybridized carbons (Fsp3) is 0.778. The molecule has 156 valence electrons. The predicted molar refractivity (Wildman–Crippen MR) is 113 cm³/mol. The van der Waals surface area contributed by atoms with Gasteiger partial charge in [-0.3, -0.25) is 9.67 Å². The third-order valence-corrected chi connectivity index (χ3v) is 5.16. The number of alkyl halides is 3. The number of nitrogens with one attached hydrogen (secondary N) is 2. The van der Waals surface area contributed by atoms with Gasteiger partial charge in [0.15, 0.2) is 5.96 Å². The summed E-state index contributed by atoms with van der Waals surface area (Å²) in [7, 11) is 3.58. The van der Waals surface area contributed by atoms with E-state index in [9.17, 15) is 13.2 Å². The van der Waals surface area contributed by atoms with Crippen molar-refractivity contribution in [1.29, 1.82) is 0 Å². The molecule has 2 atom stereocenters. The van der Waals surface area contributed by atoms with Crippen molar-refractivity contribution >= 4 is 29.9 Å². The number of rotatable bonds is 5. The Bertz CT molecular complexity index is 627. The van der Waals surface area contributed by atoms with Gasteiger partial charge in [0.1, 0.15) is 0 Å². The maximum Gasteiger partial charge on any atom is 0.391 e. The van der Waals surface area contributed by atoms with Gasteiger partial charge in [-0.1, -0.05) is 20.3 Å². The fourth-order valence-corrected chi connectivity index (χ4v) is 3.77. The molecule has 0 aromatic carbocycles. The number of aryl methyl sites for hydroxylation is 2. The van der Waals surface area contributed by atoms with Crippen LogP contribution < -0.4 is 10.6 Å². The first kappa shape index (κ1) is 24.0. The van der Waals surface area contributed by atoms with Crippen LogP contribution in [0.25, 0.3) is 0 Å². The first-order valence-corrected chi connectivity index (χ1v) is 9.37. The summed E-state index contributed by atoms with van der Waals surface area (Å²) in [4.78, 5) is 4.19. The molecule has 27 heavy (non-hydrogen) atoms. The van der Waals surface area contributed by atoms with Crippen molar-refractivity contribution in [3.05, 3.63) is 17.0 Å². The van der Waals surface area contributed by atoms with Crippen LogP contribution in [0.1, 0.15) is 56.5 Å². The topological polar surface area (TPSA) is 54.2 Å². The quantitative estimate of drug-likeness (QED) is 0.365. The summed E-state index contributed by atoms with van der Waals surface area (Å²) >= 11 is 0. The van der Waals surface area contributed by atoms with E-state index in [2.05, 4.69) is 34.6 Å². The van der Waals surface area contributed by atoms with Crippen LogP contribution in [-0.4, -0.2) is 35.0 Å². The van der Waals surface area contributed by atoms with Gasteiger partial charge in [-0.15, -0.1) is 24.0 Å². The molecule has 0 spiro atoms. The largest absolute Gasteiger partial charge is 0.391 e. The number of aromatic nitrogens is 2. The van der Waals surface area contributed by atoms with E-state index in [4.69, 9.17) is 0 Å². The molecular formula is C18H31F3IN5. The lowest BCUT2D eigenvalue weighted by molar-refractivity contribution is -0.183. The van der Waals surface area contributed by atoms with Crippen LogP contribution in [0.3, 0.4) is 0 Å². The summed E-state index contributed by atoms with van der Waals surface area (Å²) in [5.74, 6) is -0.672. The van der Waals surface area contributed by atoms with Crippen molar-refractivity contribution in [1.82, 2.24) is 20.4 Å². The monoisotopic (exact) mass is 501 g/mol. The smallest absolute Gasteiger partial charge is 0.354 e. The third-order valence-electron chi connectivity index (χ3n) is 5.16. The van der Waals surface area contributed by atoms with Crippen LogP contribution >= 0.6 is 24.0 Å². The second-order valence-electron chi connectivity index (χ2n) is 6.87. The highest BCUT2D eigenvalue weighted by Crippen LogP contribution is 2.37. The lowest BCUT2D eigenvalue weighted by atomic mass is 9.85. The minimum absolute atomic E-state index is 0. The zero-order valence-corrected chi connectivity index (χ0v) is 18.8. The molecule has 0 bridgehead atoms. The van der Waals surface area contributed by atoms with Gasteiger partial charge < -0.3 is 10.6 Å². The highest BCUT2D eigenvalue weighted by Gasteiger charge is 2.42. The molecule has 0 saturated heterocycles. The van der Waals surface area contributed by atoms with Crippen LogP contribution in [0.5, 0.6) is 0 Å². The van der Waals surface area contributed by atoms with Gasteiger partial charge >= 0.3 is 6.18 Å². The van der Waals surface area contributed by atoms with Gasteiger partial charge in [-0.05, 0) is 32.1 Å². The highest BCUT2D eigenvalue weighted by molar-refractivity contribution is 14.0. The molecule has 5 nitrogen and oxygen atoms in total. The van der Waals surface area contributed by atoms with Crippen molar-refractivity contribution in [3.63, 3.8) is 0 Å². The summed E-state index contributed by atoms with van der Waals surface area (Å²) in [6.45, 7) is 4.72. The maximum atomic E-state index is 13.0. The van der Waals surface area contributed by atoms with Gasteiger partial charge in [-0.2, -0.15) is 18.3 Å². The molecule has 9 heteroatoms. The lowest BCUT2D eigenvalue weighted by Gasteiger charge is -2.31. The average Bonchev–Trinajstić information content (AvgIpc) is 2.92. The Labute approximate surface area is 176 Å². The molecule has 2 unspecified atom stereocenters. The molecule has 1 aromatic heterocycles. The van der Waals surface area contributed by atoms with Crippen LogP contribution in [0.2, 0.25) is 0 Å². The minimum Gasteiger partial charge on any atom is -0.354 e. The molecule has 1 heterocycles. The first-order chi connectivity index (χ1) is 12.3. The molecular weight excluding hydrogens is 470 g/mol. The first-order valence-electron chi connectivity index (χ1n) is 9.37. The Morgan fingerprint density at radius 2 is 1.96 bits per heavy atom. The zero-order valence-electron chi connectivity index (χ0n) is 16.5. The maximum absolute atomic E-state index is 13.0. The molecule has 0 amide bonds. The van der Waals surface area contributed by atoms with Gasteiger partial charge in [0.25, 0.3) is 0 Å². The van der Waals surface area contributed by atoms with E-state index in [1.807, 2.05) is 11.7 Å². The second kappa shape index (κ2) is 10.5. The van der Waals surface area contributed by atoms with E-state index in [1.165, 1.54) is 5.69 Å². The third kappa shape index (κ3) is 6.25. The van der Waals surface area contributed by atoms with E-state index in [1.54, 1.807) is 7.05 Å². The number of hydrogen-bond donors (Lipinski definition) is 2. The molecule has 1 saturated carbocycles. The average molecular weight is 501 g/mol. The molecule has 2 N–H and O–H groups in total. The van der Waals surface area contributed by atoms with Gasteiger partial charge in [0.2, 0.25) is 0 Å². The minimum atomic E-state index is -4.11. The standard InChI is InChI=1S/C18H30F3N5.HI/c1-5-15-14(16(6-2)26(4)25-15)11-23-17(22-3)24-13-9-7-8-12(10-13)18(19,20)21;/h12-13H,5-11H2,1-4H3,(H2,22,23,24);1H. The van der Waals surface area contributed by atoms with E-state index < -0.39 is 12.1 Å². The molecule has 2 rings (SSSR count). The number of halogens is 4. The van der Waals surface area contributed by atoms with E-state index >= 15 is 0 Å². The van der Waals surface area contributed by atoms with Crippen molar-refractivity contribution in [3.8, 4) is 0 Å². The Morgan fingerprint density at radius 1 is 1.26 bits per heavy atom. The van der Waals surface area contributed by atoms with Crippen LogP contribution in [0, 0.1) is 5.92 Å². The van der Waals surface area contributed by atoms with Crippen molar-refractivity contribution in [2.75, 3.05) is 7.05 Å². The number of hydrogen-bond acceptors (Lipinski definition) is 2. The fourth-order valence-electron chi connectivity index (χ4n) is 3.77. The van der Waals surface area contributed by atoms with Crippen molar-refractivity contribution in [2.24, 2.45) is 18.0 Å². The van der Waals surface area contributed by atoms with Crippen LogP contribution in [0.15, 0.2) is 4.99 Å². The van der Waals surface area contributed by atoms with Crippen LogP contribution in [0.4, 0.5) is 13.2 Å². The Morgan fingerprint density at radius 3 is 2.52 bits per heavy atom. The normalized spacial score (nSPS) is 20.9. The molecule has 1 aliphatic carbocycles. The van der Waals surface area contributed by atoms with E-state index in [-0.39, 0.29) is 42.9 Å². The van der Waals surface area contributed by atoms with Gasteiger partial charge in [0, 0.05) is 37.9 Å². The van der Waals surface area contributed by atoms with Crippen LogP contribution in [-0.2, 0) is 26.4 Å². The molecule has 0 radical (unpaired) electrons. The van der Waals surface area contributed by atoms with Gasteiger partial charge in [0.05, 0.1) is 11.6 Å². The highest BCUT2D eigenvalue weighted by atomic mass is 127. The van der Waals surface area contributed by atoms with E-state index in [0.717, 1.165) is 30.5 Å². The summed E-state index contributed by atoms with van der Waals surface area (Å²) in [5, 5.41) is 11.0. The Hall–Kier alpha value is -1.00. The van der Waals surface area contributed by atoms with Crippen molar-refractivity contribution in [2.45, 2.75) is 71.1 Å². The van der Waals surface area contributed by atoms with E-state index in [0.29, 0.717) is 18.9 Å². The second-order valence-corrected chi connectivity index (χ2v) is 6.87. The summed E-state index contributed by atoms with van der Waals surface area (Å²) in [6, 6.07) is -0.202. The molecule has 1 aliphatic rings. The SMILES string of the molecule is CCc1nn(C)c(CC)c1CNC(=NC)NC1CCCC(C(F)(F)F)C1.I. The summed E-state index contributed by atoms with van der Waals surface area (Å²) < 4.78 is 40.9. The lowest BCUT2D eigenvalue weighted by Crippen LogP contribution is -2.46. The molecule has 1 aromatic rings. The summed E-state index contributed by atoms with van der Waals surface area (Å²) in [5.41, 5.74) is 3.36. The number of nitrogens with zero attached hydrogens (tertiary/aromatic N) is 3. The molecule has 1 fully saturated rings. The Kier molecular flexibility index (Phi) is 9.36. The van der Waals surface area contributed by atoms with Crippen molar-refractivity contribution < 1.29 is 13.2 Å². The molecule has 0 aliphatic heterocycles. The zero-order chi connectivity index (χ0) is 19.3. The Balaban J connectivity index is 0.00000364. The summed E-state index contributed by atoms with van der Waals surface area (Å²) in [6.07, 6.45) is -0.739. The van der Waals surface area contributed by atoms with Gasteiger partial charge in [-0.25, -0.2) is 0 Å². The predicted octanol–water partition coefficient (Wildman–Crippen LogP) is 3.95.